The predicted octanol–water partition coefficient (Wildman–Crippen LogP) is -0.711. The molecule has 1 fully saturated rings. The van der Waals surface area contributed by atoms with E-state index < -0.39 is 10.8 Å². The Morgan fingerprint density at radius 2 is 2.27 bits per heavy atom. The van der Waals surface area contributed by atoms with E-state index in [4.69, 9.17) is 5.11 Å². The highest BCUT2D eigenvalue weighted by molar-refractivity contribution is 7.84. The van der Waals surface area contributed by atoms with E-state index in [-0.39, 0.29) is 0 Å². The Morgan fingerprint density at radius 1 is 1.64 bits per heavy atom. The average Bonchev–Trinajstić information content (AvgIpc) is 1.84. The minimum absolute atomic E-state index is 0.297. The molecule has 0 amide bonds. The van der Waals surface area contributed by atoms with Crippen molar-refractivity contribution in [3.8, 4) is 0 Å². The van der Waals surface area contributed by atoms with Crippen molar-refractivity contribution in [2.24, 2.45) is 5.92 Å². The van der Waals surface area contributed by atoms with E-state index >= 15 is 0 Å². The standard InChI is InChI=1S/C7H15NO2S/c1-11(10)3-2-8-4-7(5-8)6-9/h7,9H,2-6H2,1H3. The SMILES string of the molecule is CS(=O)CCN1CC(CO)C1. The molecule has 1 saturated heterocycles. The predicted molar refractivity (Wildman–Crippen MR) is 45.9 cm³/mol. The molecule has 0 aromatic rings. The van der Waals surface area contributed by atoms with Gasteiger partial charge < -0.3 is 10.0 Å². The molecule has 0 aromatic heterocycles. The van der Waals surface area contributed by atoms with Crippen molar-refractivity contribution in [1.82, 2.24) is 4.90 Å². The topological polar surface area (TPSA) is 40.5 Å². The van der Waals surface area contributed by atoms with Crippen molar-refractivity contribution < 1.29 is 9.32 Å². The normalized spacial score (nSPS) is 23.1. The molecule has 3 nitrogen and oxygen atoms in total. The molecule has 1 aliphatic rings. The highest BCUT2D eigenvalue weighted by atomic mass is 32.2. The minimum Gasteiger partial charge on any atom is -0.396 e. The molecule has 66 valence electrons. The van der Waals surface area contributed by atoms with Crippen molar-refractivity contribution in [1.29, 1.82) is 0 Å². The molecular weight excluding hydrogens is 162 g/mol. The number of aliphatic hydroxyl groups excluding tert-OH is 1. The fourth-order valence-electron chi connectivity index (χ4n) is 1.23. The second-order valence-electron chi connectivity index (χ2n) is 3.09. The third-order valence-electron chi connectivity index (χ3n) is 1.99. The van der Waals surface area contributed by atoms with Crippen LogP contribution in [0.25, 0.3) is 0 Å². The maximum absolute atomic E-state index is 10.7. The summed E-state index contributed by atoms with van der Waals surface area (Å²) in [5, 5.41) is 8.69. The fraction of sp³-hybridized carbons (Fsp3) is 1.00. The molecule has 1 N–H and O–H groups in total. The van der Waals surface area contributed by atoms with E-state index in [0.29, 0.717) is 12.5 Å². The molecule has 0 bridgehead atoms. The number of likely N-dealkylation sites (tertiary alicyclic amines) is 1. The van der Waals surface area contributed by atoms with Gasteiger partial charge in [0, 0.05) is 55.0 Å². The van der Waals surface area contributed by atoms with Gasteiger partial charge in [0.25, 0.3) is 0 Å². The van der Waals surface area contributed by atoms with Crippen LogP contribution >= 0.6 is 0 Å². The van der Waals surface area contributed by atoms with Crippen LogP contribution in [-0.2, 0) is 10.8 Å². The van der Waals surface area contributed by atoms with Crippen molar-refractivity contribution in [3.63, 3.8) is 0 Å². The Bertz CT molecular complexity index is 145. The van der Waals surface area contributed by atoms with E-state index in [0.717, 1.165) is 25.4 Å². The minimum atomic E-state index is -0.671. The summed E-state index contributed by atoms with van der Waals surface area (Å²) in [7, 11) is -0.671. The zero-order chi connectivity index (χ0) is 8.27. The van der Waals surface area contributed by atoms with Crippen LogP contribution in [0.15, 0.2) is 0 Å². The van der Waals surface area contributed by atoms with E-state index in [1.165, 1.54) is 0 Å². The van der Waals surface area contributed by atoms with Crippen LogP contribution in [0.3, 0.4) is 0 Å². The van der Waals surface area contributed by atoms with Gasteiger partial charge in [0.05, 0.1) is 0 Å². The lowest BCUT2D eigenvalue weighted by Crippen LogP contribution is -2.49. The second-order valence-corrected chi connectivity index (χ2v) is 4.64. The Morgan fingerprint density at radius 3 is 2.73 bits per heavy atom. The van der Waals surface area contributed by atoms with E-state index in [9.17, 15) is 4.21 Å². The molecule has 0 radical (unpaired) electrons. The van der Waals surface area contributed by atoms with Gasteiger partial charge in [-0.25, -0.2) is 0 Å². The Kier molecular flexibility index (Phi) is 3.48. The number of nitrogens with zero attached hydrogens (tertiary/aromatic N) is 1. The fourth-order valence-corrected chi connectivity index (χ4v) is 1.75. The summed E-state index contributed by atoms with van der Waals surface area (Å²) in [4.78, 5) is 2.22. The summed E-state index contributed by atoms with van der Waals surface area (Å²) >= 11 is 0. The molecule has 0 aliphatic carbocycles. The first-order valence-corrected chi connectivity index (χ1v) is 5.58. The molecular formula is C7H15NO2S. The van der Waals surface area contributed by atoms with Gasteiger partial charge in [-0.1, -0.05) is 0 Å². The van der Waals surface area contributed by atoms with E-state index in [1.54, 1.807) is 6.26 Å². The largest absolute Gasteiger partial charge is 0.396 e. The number of hydrogen-bond acceptors (Lipinski definition) is 3. The summed E-state index contributed by atoms with van der Waals surface area (Å²) in [5.74, 6) is 1.23. The average molecular weight is 177 g/mol. The van der Waals surface area contributed by atoms with Crippen LogP contribution in [0, 0.1) is 5.92 Å². The van der Waals surface area contributed by atoms with E-state index in [2.05, 4.69) is 4.90 Å². The monoisotopic (exact) mass is 177 g/mol. The van der Waals surface area contributed by atoms with Crippen LogP contribution in [0.5, 0.6) is 0 Å². The first kappa shape index (κ1) is 9.16. The molecule has 0 saturated carbocycles. The lowest BCUT2D eigenvalue weighted by atomic mass is 10.0. The molecule has 1 heterocycles. The first-order valence-electron chi connectivity index (χ1n) is 3.85. The van der Waals surface area contributed by atoms with Gasteiger partial charge in [-0.15, -0.1) is 0 Å². The Hall–Kier alpha value is 0.0700. The third-order valence-corrected chi connectivity index (χ3v) is 2.74. The lowest BCUT2D eigenvalue weighted by molar-refractivity contribution is 0.0594. The van der Waals surface area contributed by atoms with Crippen LogP contribution in [0.2, 0.25) is 0 Å². The number of hydrogen-bond donors (Lipinski definition) is 1. The van der Waals surface area contributed by atoms with Gasteiger partial charge in [0.2, 0.25) is 0 Å². The lowest BCUT2D eigenvalue weighted by Gasteiger charge is -2.37. The van der Waals surface area contributed by atoms with Gasteiger partial charge in [-0.3, -0.25) is 4.21 Å². The number of aliphatic hydroxyl groups is 1. The summed E-state index contributed by atoms with van der Waals surface area (Å²) < 4.78 is 10.7. The summed E-state index contributed by atoms with van der Waals surface area (Å²) in [5.41, 5.74) is 0. The molecule has 1 atom stereocenters. The zero-order valence-electron chi connectivity index (χ0n) is 6.82. The summed E-state index contributed by atoms with van der Waals surface area (Å²) in [6.07, 6.45) is 1.73. The van der Waals surface area contributed by atoms with Gasteiger partial charge in [-0.2, -0.15) is 0 Å². The van der Waals surface area contributed by atoms with Gasteiger partial charge in [0.15, 0.2) is 0 Å². The Labute approximate surface area is 69.9 Å². The quantitative estimate of drug-likeness (QED) is 0.616. The molecule has 4 heteroatoms. The van der Waals surface area contributed by atoms with Crippen LogP contribution < -0.4 is 0 Å². The maximum atomic E-state index is 10.7. The molecule has 11 heavy (non-hydrogen) atoms. The van der Waals surface area contributed by atoms with Crippen molar-refractivity contribution >= 4 is 10.8 Å². The smallest absolute Gasteiger partial charge is 0.0483 e. The van der Waals surface area contributed by atoms with Crippen LogP contribution in [0.4, 0.5) is 0 Å². The Balaban J connectivity index is 2.00. The highest BCUT2D eigenvalue weighted by Crippen LogP contribution is 2.13. The van der Waals surface area contributed by atoms with E-state index in [1.807, 2.05) is 0 Å². The van der Waals surface area contributed by atoms with Gasteiger partial charge in [0.1, 0.15) is 0 Å². The molecule has 1 unspecified atom stereocenters. The maximum Gasteiger partial charge on any atom is 0.0483 e. The second kappa shape index (κ2) is 4.18. The molecule has 0 aromatic carbocycles. The molecule has 1 aliphatic heterocycles. The van der Waals surface area contributed by atoms with Crippen LogP contribution in [0.1, 0.15) is 0 Å². The third kappa shape index (κ3) is 2.89. The van der Waals surface area contributed by atoms with Crippen molar-refractivity contribution in [2.75, 3.05) is 38.2 Å². The number of rotatable bonds is 4. The van der Waals surface area contributed by atoms with Gasteiger partial charge >= 0.3 is 0 Å². The van der Waals surface area contributed by atoms with Crippen molar-refractivity contribution in [3.05, 3.63) is 0 Å². The van der Waals surface area contributed by atoms with Crippen molar-refractivity contribution in [2.45, 2.75) is 0 Å². The summed E-state index contributed by atoms with van der Waals surface area (Å²) in [6.45, 7) is 3.17. The van der Waals surface area contributed by atoms with Gasteiger partial charge in [-0.05, 0) is 0 Å². The molecule has 1 rings (SSSR count). The summed E-state index contributed by atoms with van der Waals surface area (Å²) in [6, 6.07) is 0. The highest BCUT2D eigenvalue weighted by Gasteiger charge is 2.24. The van der Waals surface area contributed by atoms with Crippen LogP contribution in [-0.4, -0.2) is 52.5 Å². The molecule has 0 spiro atoms. The first-order chi connectivity index (χ1) is 5.22. The zero-order valence-corrected chi connectivity index (χ0v) is 7.64.